The van der Waals surface area contributed by atoms with Gasteiger partial charge in [-0.2, -0.15) is 10.0 Å². The third-order valence-corrected chi connectivity index (χ3v) is 15.5. The third-order valence-electron chi connectivity index (χ3n) is 13.8. The topological polar surface area (TPSA) is 196 Å². The second-order valence-corrected chi connectivity index (χ2v) is 28.8. The number of ketones is 1. The molecule has 0 bridgehead atoms. The number of isocyanates is 1. The molecule has 1 amide bonds. The molecule has 5 aromatic carbocycles. The summed E-state index contributed by atoms with van der Waals surface area (Å²) in [5, 5.41) is 4.44. The maximum absolute atomic E-state index is 12.4. The smallest absolute Gasteiger partial charge is 0.408 e. The van der Waals surface area contributed by atoms with Crippen molar-refractivity contribution in [3.05, 3.63) is 177 Å². The van der Waals surface area contributed by atoms with Crippen LogP contribution in [-0.4, -0.2) is 69.7 Å². The number of alkyl carbamates (subject to hydrolysis) is 1. The van der Waals surface area contributed by atoms with E-state index in [0.717, 1.165) is 48.3 Å². The molecule has 498 valence electrons. The van der Waals surface area contributed by atoms with E-state index in [9.17, 15) is 23.4 Å². The number of esters is 1. The predicted molar refractivity (Wildman–Crippen MR) is 368 cm³/mol. The van der Waals surface area contributed by atoms with Crippen LogP contribution in [0.1, 0.15) is 223 Å². The molecule has 1 heterocycles. The molecule has 90 heavy (non-hydrogen) atoms. The zero-order chi connectivity index (χ0) is 67.0. The highest BCUT2D eigenvalue weighted by molar-refractivity contribution is 7.84. The SMILES string of the molecule is CC(=O)c1ccc(CC(C)C)cc1.CC(C)Cc1ccc([C@H](C)N=C=O)cc1.CC(C)Cc1ccc([C@H](C)NC(=O)O[C@H](CN2CN=CN2)C(=O)OC(C)C)cc1.CC(C)Cc1ccc([C@H](C)N[S@@](=O)C(C)(C)C)cc1.CC(C)Cc1ccc([C@H](C)[NH3+])cc1.[Cl-]. The summed E-state index contributed by atoms with van der Waals surface area (Å²) in [6.45, 7) is 41.6. The first-order valence-electron chi connectivity index (χ1n) is 32.0. The van der Waals surface area contributed by atoms with E-state index >= 15 is 0 Å². The molecule has 0 fully saturated rings. The summed E-state index contributed by atoms with van der Waals surface area (Å²) in [4.78, 5) is 53.5. The Hall–Kier alpha value is -6.32. The summed E-state index contributed by atoms with van der Waals surface area (Å²) in [6, 6.07) is 41.9. The number of hydrogen-bond donors (Lipinski definition) is 4. The van der Waals surface area contributed by atoms with E-state index in [1.165, 1.54) is 51.7 Å². The van der Waals surface area contributed by atoms with Gasteiger partial charge in [0.25, 0.3) is 0 Å². The van der Waals surface area contributed by atoms with E-state index < -0.39 is 29.2 Å². The van der Waals surface area contributed by atoms with Crippen molar-refractivity contribution in [3.8, 4) is 0 Å². The van der Waals surface area contributed by atoms with Crippen LogP contribution in [0.5, 0.6) is 0 Å². The minimum Gasteiger partial charge on any atom is -1.00 e. The standard InChI is InChI=1S/C21H32N4O4.C16H27NOS.C13H17NO.C12H19N.C12H16O.ClH/c1-14(2)10-17-6-8-18(9-7-17)16(5)24-21(27)29-19(20(26)28-15(3)4)11-25-13-22-12-23-25;1-12(2)11-14-7-9-15(10-8-14)13(3)17-19(18)16(4,5)6;1-10(2)8-12-4-6-13(7-5-12)11(3)14-9-15;2*1-9(2)8-11-4-6-12(7-5-11)10(3)13;/h6-9,12,14-16,19H,10-11,13H2,1-5H3,(H,22,23)(H,24,27);7-10,12-13,17H,11H2,1-6H3;4-7,10-11H,8H2,1-3H3;4-7,9-10H,8,13H2,1-3H3;4-7,9H,8H2,1-3H3;1H/t16-,19+;13-,19-;11-;10-;;/m0000../s1. The van der Waals surface area contributed by atoms with E-state index in [0.29, 0.717) is 36.4 Å². The molecule has 1 aliphatic rings. The van der Waals surface area contributed by atoms with Gasteiger partial charge in [-0.05, 0) is 175 Å². The summed E-state index contributed by atoms with van der Waals surface area (Å²) < 4.78 is 25.6. The minimum atomic E-state index is -1.06. The van der Waals surface area contributed by atoms with Crippen LogP contribution >= 0.6 is 0 Å². The normalized spacial score (nSPS) is 13.9. The fourth-order valence-corrected chi connectivity index (χ4v) is 9.91. The number of Topliss-reactive ketones (excluding diaryl/α,β-unsaturated/α-hetero) is 1. The van der Waals surface area contributed by atoms with E-state index in [4.69, 9.17) is 9.47 Å². The van der Waals surface area contributed by atoms with E-state index in [1.54, 1.807) is 31.9 Å². The Bertz CT molecular complexity index is 2910. The lowest BCUT2D eigenvalue weighted by Crippen LogP contribution is -3.00. The summed E-state index contributed by atoms with van der Waals surface area (Å²) in [6.07, 6.45) is 6.54. The molecular formula is C74H112ClN7O7S. The Morgan fingerprint density at radius 2 is 0.956 bits per heavy atom. The third kappa shape index (κ3) is 34.8. The van der Waals surface area contributed by atoms with Crippen molar-refractivity contribution in [2.75, 3.05) is 13.2 Å². The molecule has 0 saturated carbocycles. The van der Waals surface area contributed by atoms with Crippen molar-refractivity contribution in [1.29, 1.82) is 0 Å². The average molecular weight is 1280 g/mol. The first kappa shape index (κ1) is 81.7. The van der Waals surface area contributed by atoms with Gasteiger partial charge in [-0.3, -0.25) is 9.79 Å². The lowest BCUT2D eigenvalue weighted by Gasteiger charge is -2.24. The maximum Gasteiger partial charge on any atom is 0.408 e. The van der Waals surface area contributed by atoms with E-state index in [1.807, 2.05) is 83.1 Å². The van der Waals surface area contributed by atoms with Crippen LogP contribution in [0.25, 0.3) is 0 Å². The lowest BCUT2D eigenvalue weighted by molar-refractivity contribution is -0.420. The highest BCUT2D eigenvalue weighted by Crippen LogP contribution is 2.22. The van der Waals surface area contributed by atoms with Gasteiger partial charge in [0.2, 0.25) is 12.2 Å². The second kappa shape index (κ2) is 42.7. The van der Waals surface area contributed by atoms with Crippen LogP contribution in [0.2, 0.25) is 0 Å². The first-order valence-corrected chi connectivity index (χ1v) is 33.1. The summed E-state index contributed by atoms with van der Waals surface area (Å²) >= 11 is 0. The van der Waals surface area contributed by atoms with Crippen molar-refractivity contribution in [2.45, 2.75) is 212 Å². The second-order valence-electron chi connectivity index (χ2n) is 26.8. The largest absolute Gasteiger partial charge is 1.00 e. The van der Waals surface area contributed by atoms with Crippen molar-refractivity contribution in [2.24, 2.45) is 39.6 Å². The molecular weight excluding hydrogens is 1170 g/mol. The molecule has 6 N–H and O–H groups in total. The number of halogens is 1. The van der Waals surface area contributed by atoms with Crippen LogP contribution in [0.15, 0.2) is 131 Å². The van der Waals surface area contributed by atoms with Crippen molar-refractivity contribution in [1.82, 2.24) is 20.5 Å². The number of carbonyl (C=O) groups excluding carboxylic acids is 4. The molecule has 0 saturated heterocycles. The van der Waals surface area contributed by atoms with Crippen LogP contribution in [0, 0.1) is 29.6 Å². The molecule has 6 rings (SSSR count). The number of nitrogens with zero attached hydrogens (tertiary/aromatic N) is 3. The number of aliphatic imine (C=N–C) groups is 2. The van der Waals surface area contributed by atoms with Gasteiger partial charge in [0, 0.05) is 17.2 Å². The highest BCUT2D eigenvalue weighted by atomic mass is 35.5. The van der Waals surface area contributed by atoms with Gasteiger partial charge in [-0.15, -0.1) is 0 Å². The fraction of sp³-hybridized carbons (Fsp3) is 0.527. The number of hydrazine groups is 1. The molecule has 14 nitrogen and oxygen atoms in total. The molecule has 0 aliphatic carbocycles. The molecule has 6 atom stereocenters. The van der Waals surface area contributed by atoms with Gasteiger partial charge >= 0.3 is 12.1 Å². The molecule has 0 unspecified atom stereocenters. The monoisotopic (exact) mass is 1280 g/mol. The van der Waals surface area contributed by atoms with Crippen LogP contribution in [-0.2, 0) is 62.2 Å². The zero-order valence-corrected chi connectivity index (χ0v) is 59.7. The minimum absolute atomic E-state index is 0. The highest BCUT2D eigenvalue weighted by Gasteiger charge is 2.29. The number of ether oxygens (including phenoxy) is 2. The van der Waals surface area contributed by atoms with Crippen molar-refractivity contribution in [3.63, 3.8) is 0 Å². The molecule has 0 aromatic heterocycles. The summed E-state index contributed by atoms with van der Waals surface area (Å²) in [5.74, 6) is 2.89. The zero-order valence-electron chi connectivity index (χ0n) is 58.1. The maximum atomic E-state index is 12.4. The molecule has 16 heteroatoms. The number of nitrogens with one attached hydrogen (secondary N) is 3. The molecule has 5 aromatic rings. The van der Waals surface area contributed by atoms with Crippen molar-refractivity contribution < 1.29 is 51.0 Å². The van der Waals surface area contributed by atoms with E-state index in [2.05, 4.69) is 187 Å². The number of quaternary nitrogens is 1. The van der Waals surface area contributed by atoms with E-state index in [-0.39, 0.29) is 53.7 Å². The van der Waals surface area contributed by atoms with Crippen LogP contribution in [0.4, 0.5) is 4.79 Å². The Balaban J connectivity index is 0.000000584. The Morgan fingerprint density at radius 3 is 1.28 bits per heavy atom. The summed E-state index contributed by atoms with van der Waals surface area (Å²) in [7, 11) is -1.03. The van der Waals surface area contributed by atoms with Gasteiger partial charge in [-0.1, -0.05) is 191 Å². The van der Waals surface area contributed by atoms with Gasteiger partial charge in [0.1, 0.15) is 12.7 Å². The molecule has 1 aliphatic heterocycles. The number of carbonyl (C=O) groups is 3. The molecule has 0 radical (unpaired) electrons. The average Bonchev–Trinajstić information content (AvgIpc) is 4.14. The Labute approximate surface area is 551 Å². The first-order chi connectivity index (χ1) is 41.8. The summed E-state index contributed by atoms with van der Waals surface area (Å²) in [5.41, 5.74) is 18.9. The Morgan fingerprint density at radius 1 is 0.589 bits per heavy atom. The van der Waals surface area contributed by atoms with Gasteiger partial charge in [0.15, 0.2) is 5.78 Å². The molecule has 0 spiro atoms. The number of hydrogen-bond acceptors (Lipinski definition) is 11. The number of amides is 1. The predicted octanol–water partition coefficient (Wildman–Crippen LogP) is 12.4. The van der Waals surface area contributed by atoms with Crippen LogP contribution in [0.3, 0.4) is 0 Å². The van der Waals surface area contributed by atoms with Gasteiger partial charge < -0.3 is 38.4 Å². The number of benzene rings is 5. The number of rotatable bonds is 24. The quantitative estimate of drug-likeness (QED) is 0.0201. The Kier molecular flexibility index (Phi) is 38.7. The van der Waals surface area contributed by atoms with Crippen LogP contribution < -0.4 is 33.6 Å². The van der Waals surface area contributed by atoms with Gasteiger partial charge in [0.05, 0.1) is 46.8 Å². The fourth-order valence-electron chi connectivity index (χ4n) is 9.10. The van der Waals surface area contributed by atoms with Gasteiger partial charge in [-0.25, -0.2) is 23.3 Å². The lowest BCUT2D eigenvalue weighted by atomic mass is 10.00. The van der Waals surface area contributed by atoms with Crippen molar-refractivity contribution >= 4 is 41.2 Å².